The van der Waals surface area contributed by atoms with E-state index >= 15 is 0 Å². The molecule has 1 aliphatic heterocycles. The Kier molecular flexibility index (Phi) is 55.1. The molecular weight excluding hydrogens is 2030 g/mol. The van der Waals surface area contributed by atoms with Crippen LogP contribution in [0.3, 0.4) is 0 Å². The predicted molar refractivity (Wildman–Crippen MR) is 594 cm³/mol. The lowest BCUT2D eigenvalue weighted by Crippen LogP contribution is -3.00. The second-order valence-electron chi connectivity index (χ2n) is 42.1. The number of likely N-dealkylation sites (N-methyl/N-ethyl adjacent to an activating group) is 2. The maximum atomic E-state index is 14.5. The molecule has 0 spiro atoms. The first kappa shape index (κ1) is 131. The van der Waals surface area contributed by atoms with Gasteiger partial charge >= 0.3 is 34.7 Å². The molecule has 2 atom stereocenters. The molecule has 144 heavy (non-hydrogen) atoms. The Morgan fingerprint density at radius 3 is 1.15 bits per heavy atom. The lowest BCUT2D eigenvalue weighted by Gasteiger charge is -2.39. The number of phenolic OH excluding ortho intramolecular Hbond substituents is 1. The predicted octanol–water partition coefficient (Wildman–Crippen LogP) is 18.8. The molecule has 0 saturated carbocycles. The molecule has 1 aliphatic rings. The molecule has 7 aromatic rings. The largest absolute Gasteiger partial charge is 1.00 e. The molecule has 8 rings (SSSR count). The van der Waals surface area contributed by atoms with Crippen molar-refractivity contribution in [3.05, 3.63) is 214 Å². The van der Waals surface area contributed by atoms with E-state index in [1.165, 1.54) is 47.6 Å². The van der Waals surface area contributed by atoms with Gasteiger partial charge in [0.2, 0.25) is 0 Å². The van der Waals surface area contributed by atoms with Gasteiger partial charge in [-0.2, -0.15) is 0 Å². The van der Waals surface area contributed by atoms with E-state index in [9.17, 15) is 44.4 Å². The van der Waals surface area contributed by atoms with Crippen LogP contribution in [0.5, 0.6) is 28.7 Å². The molecule has 0 radical (unpaired) electrons. The number of ether oxygens (including phenoxy) is 5. The number of ketones is 5. The summed E-state index contributed by atoms with van der Waals surface area (Å²) in [6.45, 7) is 67.4. The molecule has 1 saturated heterocycles. The average Bonchev–Trinajstić information content (AvgIpc) is 0.765. The number of aromatic hydroxyl groups is 1. The van der Waals surface area contributed by atoms with E-state index in [1.807, 2.05) is 65.2 Å². The van der Waals surface area contributed by atoms with E-state index < -0.39 is 90.3 Å². The van der Waals surface area contributed by atoms with Gasteiger partial charge in [0.15, 0.2) is 62.2 Å². The third-order valence-corrected chi connectivity index (χ3v) is 49.3. The Balaban J connectivity index is 0.000000467. The van der Waals surface area contributed by atoms with E-state index in [1.54, 1.807) is 131 Å². The minimum absolute atomic E-state index is 0. The van der Waals surface area contributed by atoms with Crippen molar-refractivity contribution in [2.24, 2.45) is 0 Å². The fourth-order valence-electron chi connectivity index (χ4n) is 17.0. The zero-order chi connectivity index (χ0) is 108. The number of phenols is 1. The van der Waals surface area contributed by atoms with Gasteiger partial charge in [-0.05, 0) is 347 Å². The molecule has 1 heterocycles. The number of hydrogen-bond acceptors (Lipinski definition) is 26. The second kappa shape index (κ2) is 60.3. The minimum atomic E-state index is -2.91. The molecule has 2 unspecified atom stereocenters. The Labute approximate surface area is 882 Å². The zero-order valence-corrected chi connectivity index (χ0v) is 103. The maximum absolute atomic E-state index is 14.5. The van der Waals surface area contributed by atoms with Gasteiger partial charge < -0.3 is 113 Å². The molecule has 0 amide bonds. The van der Waals surface area contributed by atoms with Crippen molar-refractivity contribution in [2.75, 3.05) is 139 Å². The van der Waals surface area contributed by atoms with Crippen molar-refractivity contribution < 1.29 is 133 Å². The summed E-state index contributed by atoms with van der Waals surface area (Å²) in [6, 6.07) is 53.3. The number of Topliss-reactive ketones (excluding diaryl/α,β-unsaturated/α-hetero) is 4. The first-order valence-electron chi connectivity index (χ1n) is 50.6. The number of hydrogen-bond donors (Lipinski definition) is 4. The molecule has 0 aliphatic carbocycles. The first-order valence-corrected chi connectivity index (χ1v) is 73.0. The normalized spacial score (nSPS) is 13.7. The molecule has 0 aromatic heterocycles. The van der Waals surface area contributed by atoms with E-state index in [2.05, 4.69) is 160 Å². The number of aliphatic hydroxyl groups is 3. The highest BCUT2D eigenvalue weighted by atomic mass is 79.9. The van der Waals surface area contributed by atoms with Crippen LogP contribution in [0.15, 0.2) is 170 Å². The van der Waals surface area contributed by atoms with Crippen molar-refractivity contribution in [3.8, 4) is 28.7 Å². The van der Waals surface area contributed by atoms with Gasteiger partial charge in [0.25, 0.3) is 0 Å². The average molecular weight is 2210 g/mol. The fraction of sp³-hybridized carbons (Fsp3) is 0.565. The maximum Gasteiger partial charge on any atom is 0.504 e. The van der Waals surface area contributed by atoms with Crippen LogP contribution in [0.1, 0.15) is 185 Å². The summed E-state index contributed by atoms with van der Waals surface area (Å²) in [5, 5.41) is 39.7. The summed E-state index contributed by atoms with van der Waals surface area (Å²) in [5.41, 5.74) is 1.43. The van der Waals surface area contributed by atoms with Gasteiger partial charge in [0, 0.05) is 99.4 Å². The highest BCUT2D eigenvalue weighted by Gasteiger charge is 2.48. The number of quaternary nitrogens is 1. The number of carbonyl (C=O) groups is 5. The molecule has 36 heteroatoms. The Morgan fingerprint density at radius 1 is 0.444 bits per heavy atom. The van der Waals surface area contributed by atoms with Crippen LogP contribution < -0.4 is 40.8 Å². The second-order valence-corrected chi connectivity index (χ2v) is 74.0. The Hall–Kier alpha value is -6.73. The third-order valence-electron chi connectivity index (χ3n) is 24.0. The van der Waals surface area contributed by atoms with E-state index in [4.69, 9.17) is 66.7 Å². The lowest BCUT2D eigenvalue weighted by atomic mass is 9.78. The minimum Gasteiger partial charge on any atom is -1.00 e. The van der Waals surface area contributed by atoms with Gasteiger partial charge in [0.1, 0.15) is 58.7 Å². The van der Waals surface area contributed by atoms with Crippen LogP contribution in [-0.2, 0) is 60.6 Å². The molecule has 4 N–H and O–H groups in total. The van der Waals surface area contributed by atoms with E-state index in [0.29, 0.717) is 124 Å². The van der Waals surface area contributed by atoms with Crippen molar-refractivity contribution in [1.82, 2.24) is 4.90 Å². The van der Waals surface area contributed by atoms with Crippen LogP contribution in [0.4, 0.5) is 5.69 Å². The molecule has 0 bridgehead atoms. The number of benzene rings is 7. The number of anilines is 1. The summed E-state index contributed by atoms with van der Waals surface area (Å²) >= 11 is 0. The van der Waals surface area contributed by atoms with Crippen LogP contribution in [-0.4, -0.2) is 283 Å². The van der Waals surface area contributed by atoms with Gasteiger partial charge in [-0.1, -0.05) is 74.5 Å². The highest BCUT2D eigenvalue weighted by molar-refractivity contribution is 6.88. The zero-order valence-electron chi connectivity index (χ0n) is 93.2. The standard InChI is InChI=1S/C29H44N2O5Si.C23H36O5Si3.C20H38O5Si3.C18H30NO3.C18H30O6Si.BrH/c1-8-29(30(3)4,22-24-12-10-9-11-13-24)28(32)27-15-14-26(31-16-18-36-19-17-31)21-25(27)20-23(2)37(33-5,34-6)35-7;1-29(2,3)27-31(7,28-30(4,5)6)17-11-16-26-20-14-15-21(22(24)18-20)23(25)19-12-9-8-10-13-19;1-20(2,22)19(21)17-11-13-18(14-12-17)23-15-10-16-28(9,24-26(3,4)5)25-27(6,7)8;1-6-19(7-2,8-3)13-14-22-16-11-9-15(10-12-16)17(20)18(4,5)21;1-6-22-25(23-7-2,24-8-3)14-13-21-16-11-9-15(10-12-16)17(19)18(4,5)20;/h9-15,21,23H,8,16-20,22H2,1-7H3;8-10,12-15,18,24H,11,16-17H2,1-7H3;11-14,22H,10,15-16H2,1-9H3;9-12,21H,6-8,13-14H2,1-5H3;9-12,20H,6-8,13-14H2,1-5H3;1H/q;;;+1;;/p-1. The summed E-state index contributed by atoms with van der Waals surface area (Å²) in [7, 11) is -8.01. The van der Waals surface area contributed by atoms with E-state index in [0.717, 1.165) is 96.8 Å². The van der Waals surface area contributed by atoms with Crippen LogP contribution in [0, 0.1) is 0 Å². The lowest BCUT2D eigenvalue weighted by molar-refractivity contribution is -0.923. The number of rotatable bonds is 56. The van der Waals surface area contributed by atoms with Gasteiger partial charge in [-0.25, -0.2) is 0 Å². The van der Waals surface area contributed by atoms with Crippen molar-refractivity contribution in [1.29, 1.82) is 0 Å². The SMILES string of the molecule is CC(C)(O)C(=O)c1ccc(OCCC[Si](C)(O[Si](C)(C)C)O[Si](C)(C)C)cc1.CCC(Cc1ccccc1)(C(=O)c1ccc(N2CCOCC2)cc1CC(C)[Si](OC)(OC)OC)N(C)C.CCO[Si](CCOc1ccc(C(=O)C(C)(C)O)cc1)(OCC)OCC.CC[N+](CC)(CC)CCOc1ccc(C(=O)C(C)(C)O)cc1.C[Si](C)(C)O[Si](C)(CCCOc1ccc(C(=O)c2ccccc2)c(O)c1)O[Si](C)(C)C.[Br-]. The van der Waals surface area contributed by atoms with Crippen molar-refractivity contribution in [2.45, 2.75) is 267 Å². The molecular formula is C108H178BrN3O24Si8. The van der Waals surface area contributed by atoms with Crippen LogP contribution in [0.2, 0.25) is 115 Å². The molecule has 27 nitrogen and oxygen atoms in total. The molecule has 1 fully saturated rings. The highest BCUT2D eigenvalue weighted by Crippen LogP contribution is 2.38. The smallest absolute Gasteiger partial charge is 0.504 e. The quantitative estimate of drug-likeness (QED) is 0.0119. The number of carbonyl (C=O) groups excluding carboxylic acids is 5. The van der Waals surface area contributed by atoms with Crippen molar-refractivity contribution >= 4 is 103 Å². The fourth-order valence-corrected chi connectivity index (χ4v) is 46.6. The van der Waals surface area contributed by atoms with E-state index in [-0.39, 0.29) is 62.8 Å². The summed E-state index contributed by atoms with van der Waals surface area (Å²) in [5.74, 6) is 1.61. The van der Waals surface area contributed by atoms with Crippen LogP contribution in [0.25, 0.3) is 0 Å². The van der Waals surface area contributed by atoms with Crippen molar-refractivity contribution in [3.63, 3.8) is 0 Å². The topological polar surface area (TPSA) is 311 Å². The van der Waals surface area contributed by atoms with Crippen LogP contribution >= 0.6 is 0 Å². The Bertz CT molecular complexity index is 4870. The summed E-state index contributed by atoms with van der Waals surface area (Å²) < 4.78 is 90.6. The number of halogens is 1. The van der Waals surface area contributed by atoms with Gasteiger partial charge in [0.05, 0.1) is 69.8 Å². The third kappa shape index (κ3) is 44.8. The Morgan fingerprint density at radius 2 is 0.806 bits per heavy atom. The monoisotopic (exact) mass is 2200 g/mol. The summed E-state index contributed by atoms with van der Waals surface area (Å²) in [6.07, 6.45) is 3.62. The molecule has 808 valence electrons. The first-order chi connectivity index (χ1) is 66.6. The van der Waals surface area contributed by atoms with Gasteiger partial charge in [-0.3, -0.25) is 28.9 Å². The molecule has 7 aromatic carbocycles. The van der Waals surface area contributed by atoms with Gasteiger partial charge in [-0.15, -0.1) is 0 Å². The number of nitrogens with zero attached hydrogens (tertiary/aromatic N) is 3. The number of morpholine rings is 1. The summed E-state index contributed by atoms with van der Waals surface area (Å²) in [4.78, 5) is 67.5.